The van der Waals surface area contributed by atoms with E-state index >= 15 is 0 Å². The van der Waals surface area contributed by atoms with Crippen LogP contribution in [0.3, 0.4) is 0 Å². The Morgan fingerprint density at radius 1 is 0.738 bits per heavy atom. The minimum absolute atomic E-state index is 0.0900. The van der Waals surface area contributed by atoms with Gasteiger partial charge < -0.3 is 0 Å². The zero-order valence-corrected chi connectivity index (χ0v) is 26.6. The van der Waals surface area contributed by atoms with E-state index in [1.54, 1.807) is 0 Å². The zero-order chi connectivity index (χ0) is 29.6. The molecule has 0 unspecified atom stereocenters. The first-order valence-electron chi connectivity index (χ1n) is 14.8. The standard InChI is InChI=1S/C34H37N4O2.ClH.Pd/c1-34(2,3)25-21-23(30-35-18-10-16-28(35)32(39)37(30)26-12-6-4-7-13-26)20-24(22-25)31-36-19-11-17-29(36)33(40)38(31)27-14-8-5-9-15-27;;/h4-9,12-15,20-21,28-31H,10-11,16-19H2,1-3H3;1H;/q-1;;+2/p-1/t28-,29-,30+,31+;;/m0../s1. The van der Waals surface area contributed by atoms with Crippen molar-refractivity contribution in [3.05, 3.63) is 95.6 Å². The SMILES string of the molecule is CC(C)(C)c1[c-]c([C@H]2N(c3ccccc3)C(=O)[C@@H]3CCCN32)cc([C@H]2N(c3ccccc3)C(=O)[C@@H]3CCCN32)c1.[Cl][Pd+]. The van der Waals surface area contributed by atoms with Crippen LogP contribution in [0, 0.1) is 6.07 Å². The van der Waals surface area contributed by atoms with Crippen LogP contribution in [0.15, 0.2) is 72.8 Å². The van der Waals surface area contributed by atoms with Crippen LogP contribution in [0.4, 0.5) is 11.4 Å². The Labute approximate surface area is 264 Å². The van der Waals surface area contributed by atoms with Crippen LogP contribution in [0.2, 0.25) is 0 Å². The maximum absolute atomic E-state index is 13.8. The average Bonchev–Trinajstić information content (AvgIpc) is 3.78. The summed E-state index contributed by atoms with van der Waals surface area (Å²) in [5, 5.41) is 0. The Morgan fingerprint density at radius 2 is 1.21 bits per heavy atom. The third-order valence-corrected chi connectivity index (χ3v) is 9.12. The predicted molar refractivity (Wildman–Crippen MR) is 163 cm³/mol. The van der Waals surface area contributed by atoms with E-state index in [0.29, 0.717) is 0 Å². The second-order valence-electron chi connectivity index (χ2n) is 12.7. The molecule has 0 bridgehead atoms. The van der Waals surface area contributed by atoms with Crippen LogP contribution >= 0.6 is 9.53 Å². The van der Waals surface area contributed by atoms with Gasteiger partial charge in [0.1, 0.15) is 0 Å². The summed E-state index contributed by atoms with van der Waals surface area (Å²) in [7, 11) is 4.49. The molecule has 42 heavy (non-hydrogen) atoms. The molecule has 0 aliphatic carbocycles. The molecule has 0 N–H and O–H groups in total. The van der Waals surface area contributed by atoms with Gasteiger partial charge in [0.2, 0.25) is 11.8 Å². The van der Waals surface area contributed by atoms with Gasteiger partial charge in [0.05, 0.1) is 24.4 Å². The zero-order valence-electron chi connectivity index (χ0n) is 24.3. The maximum atomic E-state index is 13.8. The molecule has 4 atom stereocenters. The number of nitrogens with zero attached hydrogens (tertiary/aromatic N) is 4. The fourth-order valence-electron chi connectivity index (χ4n) is 7.23. The fraction of sp³-hybridized carbons (Fsp3) is 0.412. The van der Waals surface area contributed by atoms with Gasteiger partial charge in [0.15, 0.2) is 0 Å². The summed E-state index contributed by atoms with van der Waals surface area (Å²) >= 11 is 2.22. The molecule has 4 heterocycles. The van der Waals surface area contributed by atoms with Crippen molar-refractivity contribution in [3.8, 4) is 0 Å². The summed E-state index contributed by atoms with van der Waals surface area (Å²) in [6.45, 7) is 8.43. The predicted octanol–water partition coefficient (Wildman–Crippen LogP) is 6.49. The molecule has 7 rings (SSSR count). The van der Waals surface area contributed by atoms with Crippen molar-refractivity contribution in [1.82, 2.24) is 9.80 Å². The Hall–Kier alpha value is -2.53. The molecular weight excluding hydrogens is 638 g/mol. The molecule has 0 radical (unpaired) electrons. The summed E-state index contributed by atoms with van der Waals surface area (Å²) in [5.41, 5.74) is 4.91. The van der Waals surface area contributed by atoms with Gasteiger partial charge in [-0.15, -0.1) is 11.1 Å². The first-order valence-corrected chi connectivity index (χ1v) is 16.8. The van der Waals surface area contributed by atoms with Crippen molar-refractivity contribution in [2.75, 3.05) is 22.9 Å². The topological polar surface area (TPSA) is 47.1 Å². The number of anilines is 2. The van der Waals surface area contributed by atoms with Crippen molar-refractivity contribution in [2.45, 2.75) is 76.3 Å². The first-order chi connectivity index (χ1) is 20.3. The number of carbonyl (C=O) groups excluding carboxylic acids is 2. The minimum atomic E-state index is -0.222. The van der Waals surface area contributed by atoms with Crippen molar-refractivity contribution >= 4 is 32.7 Å². The molecule has 4 saturated heterocycles. The Morgan fingerprint density at radius 3 is 1.71 bits per heavy atom. The van der Waals surface area contributed by atoms with Crippen LogP contribution in [-0.2, 0) is 33.2 Å². The molecule has 222 valence electrons. The normalized spacial score (nSPS) is 26.0. The van der Waals surface area contributed by atoms with Gasteiger partial charge in [-0.05, 0) is 55.4 Å². The monoisotopic (exact) mass is 674 g/mol. The second-order valence-corrected chi connectivity index (χ2v) is 12.7. The van der Waals surface area contributed by atoms with Gasteiger partial charge in [-0.3, -0.25) is 29.2 Å². The van der Waals surface area contributed by atoms with E-state index in [2.05, 4.69) is 76.5 Å². The quantitative estimate of drug-likeness (QED) is 0.235. The molecule has 0 spiro atoms. The van der Waals surface area contributed by atoms with Gasteiger partial charge >= 0.3 is 27.7 Å². The third kappa shape index (κ3) is 5.04. The number of benzene rings is 3. The van der Waals surface area contributed by atoms with Crippen molar-refractivity contribution < 1.29 is 27.8 Å². The van der Waals surface area contributed by atoms with E-state index in [9.17, 15) is 9.59 Å². The number of fused-ring (bicyclic) bond motifs is 2. The summed E-state index contributed by atoms with van der Waals surface area (Å²) in [5.74, 6) is 0.355. The molecule has 4 fully saturated rings. The molecule has 3 aromatic rings. The molecule has 0 saturated carbocycles. The van der Waals surface area contributed by atoms with Crippen LogP contribution in [0.1, 0.15) is 75.5 Å². The van der Waals surface area contributed by atoms with Gasteiger partial charge in [-0.2, -0.15) is 23.8 Å². The van der Waals surface area contributed by atoms with Gasteiger partial charge in [-0.25, -0.2) is 0 Å². The molecule has 4 aliphatic heterocycles. The number of carbonyl (C=O) groups is 2. The van der Waals surface area contributed by atoms with Crippen molar-refractivity contribution in [2.24, 2.45) is 0 Å². The number of rotatable bonds is 4. The van der Waals surface area contributed by atoms with Crippen LogP contribution in [-0.4, -0.2) is 46.8 Å². The number of halogens is 1. The van der Waals surface area contributed by atoms with E-state index < -0.39 is 0 Å². The molecule has 8 heteroatoms. The van der Waals surface area contributed by atoms with Gasteiger partial charge in [-0.1, -0.05) is 57.2 Å². The van der Waals surface area contributed by atoms with E-state index in [1.807, 2.05) is 70.5 Å². The molecule has 6 nitrogen and oxygen atoms in total. The summed E-state index contributed by atoms with van der Waals surface area (Å²) in [6, 6.07) is 28.2. The number of hydrogen-bond acceptors (Lipinski definition) is 4. The number of amides is 2. The summed E-state index contributed by atoms with van der Waals surface area (Å²) < 4.78 is 0. The first kappa shape index (κ1) is 29.5. The molecule has 0 aromatic heterocycles. The molecule has 4 aliphatic rings. The number of hydrogen-bond donors (Lipinski definition) is 0. The molecular formula is C34H37ClN4O2Pd. The van der Waals surface area contributed by atoms with E-state index in [1.165, 1.54) is 0 Å². The van der Waals surface area contributed by atoms with Gasteiger partial charge in [0, 0.05) is 24.5 Å². The van der Waals surface area contributed by atoms with E-state index in [4.69, 9.17) is 0 Å². The molecule has 3 aromatic carbocycles. The van der Waals surface area contributed by atoms with Crippen molar-refractivity contribution in [3.63, 3.8) is 0 Å². The fourth-order valence-corrected chi connectivity index (χ4v) is 7.23. The average molecular weight is 676 g/mol. The van der Waals surface area contributed by atoms with Crippen LogP contribution in [0.25, 0.3) is 0 Å². The van der Waals surface area contributed by atoms with Crippen LogP contribution in [0.5, 0.6) is 0 Å². The van der Waals surface area contributed by atoms with Crippen LogP contribution < -0.4 is 9.80 Å². The van der Waals surface area contributed by atoms with E-state index in [-0.39, 0.29) is 41.6 Å². The Balaban J connectivity index is 0.00000155. The number of para-hydroxylation sites is 2. The second kappa shape index (κ2) is 11.9. The third-order valence-electron chi connectivity index (χ3n) is 9.12. The van der Waals surface area contributed by atoms with Gasteiger partial charge in [0.25, 0.3) is 0 Å². The van der Waals surface area contributed by atoms with E-state index in [0.717, 1.165) is 66.8 Å². The summed E-state index contributed by atoms with van der Waals surface area (Å²) in [6.07, 6.45) is 3.43. The Bertz CT molecular complexity index is 1350. The van der Waals surface area contributed by atoms with Crippen molar-refractivity contribution in [1.29, 1.82) is 0 Å². The Kier molecular flexibility index (Phi) is 8.35. The summed E-state index contributed by atoms with van der Waals surface area (Å²) in [4.78, 5) is 36.4. The molecule has 2 amide bonds.